The second kappa shape index (κ2) is 6.77. The molecule has 0 amide bonds. The van der Waals surface area contributed by atoms with Crippen molar-refractivity contribution < 1.29 is 9.47 Å². The lowest BCUT2D eigenvalue weighted by Gasteiger charge is -2.11. The topological polar surface area (TPSA) is 44.2 Å². The Balaban J connectivity index is 1.76. The van der Waals surface area contributed by atoms with Gasteiger partial charge < -0.3 is 9.47 Å². The lowest BCUT2D eigenvalue weighted by molar-refractivity contribution is 0.309. The molecule has 0 bridgehead atoms. The molecule has 0 aliphatic heterocycles. The molecule has 0 radical (unpaired) electrons. The van der Waals surface area contributed by atoms with Gasteiger partial charge in [0.2, 0.25) is 0 Å². The van der Waals surface area contributed by atoms with Crippen LogP contribution in [0.3, 0.4) is 0 Å². The Morgan fingerprint density at radius 2 is 1.28 bits per heavy atom. The highest BCUT2D eigenvalue weighted by Crippen LogP contribution is 2.29. The predicted octanol–water partition coefficient (Wildman–Crippen LogP) is 4.76. The average molecular weight is 330 g/mol. The maximum Gasteiger partial charge on any atom is 0.147 e. The number of aromatic nitrogens is 2. The van der Waals surface area contributed by atoms with Gasteiger partial charge in [-0.1, -0.05) is 42.5 Å². The van der Waals surface area contributed by atoms with Gasteiger partial charge in [0.05, 0.1) is 17.6 Å². The summed E-state index contributed by atoms with van der Waals surface area (Å²) in [7, 11) is 0. The van der Waals surface area contributed by atoms with Crippen molar-refractivity contribution in [3.8, 4) is 11.5 Å². The molecule has 4 nitrogen and oxygen atoms in total. The fourth-order valence-electron chi connectivity index (χ4n) is 2.79. The number of benzene rings is 3. The summed E-state index contributed by atoms with van der Waals surface area (Å²) in [6.07, 6.45) is 0. The van der Waals surface area contributed by atoms with Crippen molar-refractivity contribution in [1.82, 2.24) is 9.97 Å². The molecule has 0 atom stereocenters. The Hall–Kier alpha value is -3.14. The summed E-state index contributed by atoms with van der Waals surface area (Å²) in [6, 6.07) is 21.7. The minimum atomic E-state index is 0.499. The van der Waals surface area contributed by atoms with Gasteiger partial charge in [-0.2, -0.15) is 0 Å². The highest BCUT2D eigenvalue weighted by molar-refractivity contribution is 5.92. The molecule has 1 aromatic heterocycles. The van der Waals surface area contributed by atoms with E-state index >= 15 is 0 Å². The Morgan fingerprint density at radius 1 is 0.680 bits per heavy atom. The lowest BCUT2D eigenvalue weighted by atomic mass is 10.2. The van der Waals surface area contributed by atoms with Crippen LogP contribution < -0.4 is 9.47 Å². The monoisotopic (exact) mass is 330 g/mol. The number of nitrogens with zero attached hydrogens (tertiary/aromatic N) is 2. The Kier molecular flexibility index (Phi) is 4.17. The fourth-order valence-corrected chi connectivity index (χ4v) is 2.79. The van der Waals surface area contributed by atoms with Crippen LogP contribution in [0.2, 0.25) is 0 Å². The molecule has 4 heteroatoms. The summed E-state index contributed by atoms with van der Waals surface area (Å²) in [4.78, 5) is 9.51. The van der Waals surface area contributed by atoms with Gasteiger partial charge in [0.1, 0.15) is 29.1 Å². The molecule has 25 heavy (non-hydrogen) atoms. The summed E-state index contributed by atoms with van der Waals surface area (Å²) < 4.78 is 11.7. The van der Waals surface area contributed by atoms with Crippen molar-refractivity contribution in [2.24, 2.45) is 0 Å². The van der Waals surface area contributed by atoms with Crippen molar-refractivity contribution in [1.29, 1.82) is 0 Å². The fraction of sp³-hybridized carbons (Fsp3) is 0.143. The first-order valence-electron chi connectivity index (χ1n) is 8.34. The van der Waals surface area contributed by atoms with Crippen LogP contribution in [0.25, 0.3) is 22.1 Å². The van der Waals surface area contributed by atoms with Crippen LogP contribution in [-0.2, 0) is 6.61 Å². The second-order valence-electron chi connectivity index (χ2n) is 5.68. The molecule has 0 spiro atoms. The van der Waals surface area contributed by atoms with Gasteiger partial charge >= 0.3 is 0 Å². The van der Waals surface area contributed by atoms with Crippen LogP contribution in [0.4, 0.5) is 0 Å². The highest BCUT2D eigenvalue weighted by Gasteiger charge is 2.10. The molecule has 124 valence electrons. The minimum absolute atomic E-state index is 0.499. The van der Waals surface area contributed by atoms with Gasteiger partial charge in [0.15, 0.2) is 0 Å². The molecule has 3 aromatic carbocycles. The second-order valence-corrected chi connectivity index (χ2v) is 5.68. The standard InChI is InChI=1S/C21H18N2O2/c1-2-24-18-12-6-10-16-20(18)22-17-11-7-13-19(21(17)23-16)25-14-15-8-4-3-5-9-15/h3-13H,2,14H2,1H3. The van der Waals surface area contributed by atoms with Crippen LogP contribution in [0, 0.1) is 0 Å². The third-order valence-electron chi connectivity index (χ3n) is 3.96. The molecule has 0 saturated carbocycles. The van der Waals surface area contributed by atoms with Crippen LogP contribution in [-0.4, -0.2) is 16.6 Å². The van der Waals surface area contributed by atoms with Crippen molar-refractivity contribution in [3.05, 3.63) is 72.3 Å². The van der Waals surface area contributed by atoms with Gasteiger partial charge in [-0.25, -0.2) is 9.97 Å². The van der Waals surface area contributed by atoms with Crippen LogP contribution in [0.15, 0.2) is 66.7 Å². The highest BCUT2D eigenvalue weighted by atomic mass is 16.5. The van der Waals surface area contributed by atoms with E-state index in [9.17, 15) is 0 Å². The van der Waals surface area contributed by atoms with E-state index < -0.39 is 0 Å². The lowest BCUT2D eigenvalue weighted by Crippen LogP contribution is -1.99. The third kappa shape index (κ3) is 3.11. The predicted molar refractivity (Wildman–Crippen MR) is 99.0 cm³/mol. The number of para-hydroxylation sites is 2. The van der Waals surface area contributed by atoms with E-state index in [0.717, 1.165) is 39.1 Å². The largest absolute Gasteiger partial charge is 0.492 e. The number of hydrogen-bond donors (Lipinski definition) is 0. The molecule has 0 aliphatic rings. The Labute approximate surface area is 146 Å². The zero-order valence-electron chi connectivity index (χ0n) is 14.0. The Bertz CT molecular complexity index is 1020. The maximum absolute atomic E-state index is 6.00. The Morgan fingerprint density at radius 3 is 1.88 bits per heavy atom. The van der Waals surface area contributed by atoms with Crippen LogP contribution in [0.1, 0.15) is 12.5 Å². The molecule has 4 rings (SSSR count). The summed E-state index contributed by atoms with van der Waals surface area (Å²) in [5.74, 6) is 1.49. The molecule has 0 N–H and O–H groups in total. The van der Waals surface area contributed by atoms with Gasteiger partial charge in [0, 0.05) is 0 Å². The number of hydrogen-bond acceptors (Lipinski definition) is 4. The molecule has 1 heterocycles. The van der Waals surface area contributed by atoms with Crippen molar-refractivity contribution in [3.63, 3.8) is 0 Å². The molecule has 0 aliphatic carbocycles. The summed E-state index contributed by atoms with van der Waals surface area (Å²) in [6.45, 7) is 3.06. The number of ether oxygens (including phenoxy) is 2. The van der Waals surface area contributed by atoms with E-state index in [4.69, 9.17) is 19.4 Å². The molecule has 4 aromatic rings. The molecule has 0 saturated heterocycles. The average Bonchev–Trinajstić information content (AvgIpc) is 2.66. The first-order chi connectivity index (χ1) is 12.3. The van der Waals surface area contributed by atoms with E-state index in [0.29, 0.717) is 13.2 Å². The number of rotatable bonds is 5. The zero-order chi connectivity index (χ0) is 17.1. The normalized spacial score (nSPS) is 10.9. The zero-order valence-corrected chi connectivity index (χ0v) is 14.0. The van der Waals surface area contributed by atoms with Crippen molar-refractivity contribution in [2.75, 3.05) is 6.61 Å². The van der Waals surface area contributed by atoms with E-state index in [1.165, 1.54) is 0 Å². The van der Waals surface area contributed by atoms with Gasteiger partial charge in [0.25, 0.3) is 0 Å². The summed E-state index contributed by atoms with van der Waals surface area (Å²) >= 11 is 0. The first kappa shape index (κ1) is 15.4. The van der Waals surface area contributed by atoms with E-state index in [1.54, 1.807) is 0 Å². The molecule has 0 fully saturated rings. The summed E-state index contributed by atoms with van der Waals surface area (Å²) in [5, 5.41) is 0. The van der Waals surface area contributed by atoms with Crippen molar-refractivity contribution >= 4 is 22.1 Å². The molecular formula is C21H18N2O2. The van der Waals surface area contributed by atoms with E-state index in [1.807, 2.05) is 73.7 Å². The minimum Gasteiger partial charge on any atom is -0.492 e. The van der Waals surface area contributed by atoms with E-state index in [2.05, 4.69) is 0 Å². The smallest absolute Gasteiger partial charge is 0.147 e. The van der Waals surface area contributed by atoms with Gasteiger partial charge in [-0.15, -0.1) is 0 Å². The van der Waals surface area contributed by atoms with Crippen molar-refractivity contribution in [2.45, 2.75) is 13.5 Å². The van der Waals surface area contributed by atoms with E-state index in [-0.39, 0.29) is 0 Å². The van der Waals surface area contributed by atoms with Crippen LogP contribution in [0.5, 0.6) is 11.5 Å². The molecular weight excluding hydrogens is 312 g/mol. The van der Waals surface area contributed by atoms with Crippen LogP contribution >= 0.6 is 0 Å². The molecule has 0 unspecified atom stereocenters. The SMILES string of the molecule is CCOc1cccc2nc3c(OCc4ccccc4)cccc3nc12. The number of fused-ring (bicyclic) bond motifs is 2. The third-order valence-corrected chi connectivity index (χ3v) is 3.96. The van der Waals surface area contributed by atoms with Gasteiger partial charge in [-0.05, 0) is 36.8 Å². The maximum atomic E-state index is 6.00. The summed E-state index contributed by atoms with van der Waals surface area (Å²) in [5.41, 5.74) is 4.25. The van der Waals surface area contributed by atoms with Gasteiger partial charge in [-0.3, -0.25) is 0 Å². The quantitative estimate of drug-likeness (QED) is 0.495. The first-order valence-corrected chi connectivity index (χ1v) is 8.34.